The monoisotopic (exact) mass is 357 g/mol. The van der Waals surface area contributed by atoms with Crippen LogP contribution in [0.4, 0.5) is 0 Å². The Labute approximate surface area is 149 Å². The van der Waals surface area contributed by atoms with Gasteiger partial charge >= 0.3 is 5.97 Å². The van der Waals surface area contributed by atoms with E-state index >= 15 is 0 Å². The van der Waals surface area contributed by atoms with Crippen LogP contribution in [0.5, 0.6) is 5.75 Å². The van der Waals surface area contributed by atoms with Gasteiger partial charge in [0.2, 0.25) is 5.43 Å². The van der Waals surface area contributed by atoms with Crippen LogP contribution in [-0.4, -0.2) is 24.7 Å². The first kappa shape index (κ1) is 17.0. The largest absolute Gasteiger partial charge is 0.496 e. The van der Waals surface area contributed by atoms with Gasteiger partial charge in [0.15, 0.2) is 0 Å². The van der Waals surface area contributed by atoms with Crippen molar-refractivity contribution in [3.05, 3.63) is 63.3 Å². The highest BCUT2D eigenvalue weighted by molar-refractivity contribution is 6.31. The number of hydrogen-bond donors (Lipinski definition) is 1. The minimum atomic E-state index is -0.688. The van der Waals surface area contributed by atoms with Crippen molar-refractivity contribution in [2.24, 2.45) is 0 Å². The highest BCUT2D eigenvalue weighted by atomic mass is 35.5. The number of fused-ring (bicyclic) bond motifs is 1. The second kappa shape index (κ2) is 6.99. The average Bonchev–Trinajstić information content (AvgIpc) is 2.62. The van der Waals surface area contributed by atoms with Crippen LogP contribution in [0.25, 0.3) is 22.2 Å². The van der Waals surface area contributed by atoms with E-state index in [0.29, 0.717) is 32.9 Å². The summed E-state index contributed by atoms with van der Waals surface area (Å²) in [4.78, 5) is 28.6. The molecule has 3 aromatic rings. The second-order valence-electron chi connectivity index (χ2n) is 5.31. The zero-order valence-corrected chi connectivity index (χ0v) is 14.5. The van der Waals surface area contributed by atoms with Gasteiger partial charge in [-0.3, -0.25) is 4.79 Å². The molecule has 0 aliphatic heterocycles. The maximum Gasteiger partial charge on any atom is 0.344 e. The first-order valence-electron chi connectivity index (χ1n) is 7.72. The average molecular weight is 358 g/mol. The van der Waals surface area contributed by atoms with Crippen molar-refractivity contribution >= 4 is 28.5 Å². The van der Waals surface area contributed by atoms with Crippen LogP contribution in [0.1, 0.15) is 17.3 Å². The lowest BCUT2D eigenvalue weighted by Gasteiger charge is -2.13. The third-order valence-corrected chi connectivity index (χ3v) is 4.05. The van der Waals surface area contributed by atoms with E-state index in [2.05, 4.69) is 4.98 Å². The van der Waals surface area contributed by atoms with Gasteiger partial charge in [-0.2, -0.15) is 0 Å². The third kappa shape index (κ3) is 3.10. The van der Waals surface area contributed by atoms with E-state index in [4.69, 9.17) is 21.1 Å². The van der Waals surface area contributed by atoms with E-state index in [0.717, 1.165) is 0 Å². The molecule has 2 aromatic carbocycles. The van der Waals surface area contributed by atoms with Crippen LogP contribution < -0.4 is 10.2 Å². The minimum absolute atomic E-state index is 0.0684. The van der Waals surface area contributed by atoms with Gasteiger partial charge in [-0.05, 0) is 37.3 Å². The van der Waals surface area contributed by atoms with Gasteiger partial charge in [-0.15, -0.1) is 0 Å². The van der Waals surface area contributed by atoms with E-state index in [1.807, 2.05) is 6.07 Å². The predicted octanol–water partition coefficient (Wildman–Crippen LogP) is 4.03. The van der Waals surface area contributed by atoms with E-state index in [1.54, 1.807) is 37.3 Å². The van der Waals surface area contributed by atoms with Gasteiger partial charge < -0.3 is 14.5 Å². The third-order valence-electron chi connectivity index (χ3n) is 3.82. The van der Waals surface area contributed by atoms with Crippen LogP contribution in [0, 0.1) is 0 Å². The Morgan fingerprint density at radius 2 is 1.96 bits per heavy atom. The zero-order chi connectivity index (χ0) is 18.0. The van der Waals surface area contributed by atoms with Gasteiger partial charge in [-0.25, -0.2) is 4.79 Å². The molecule has 0 aliphatic rings. The molecule has 0 bridgehead atoms. The molecule has 6 heteroatoms. The van der Waals surface area contributed by atoms with E-state index in [-0.39, 0.29) is 12.2 Å². The molecule has 5 nitrogen and oxygen atoms in total. The summed E-state index contributed by atoms with van der Waals surface area (Å²) in [6.45, 7) is 1.85. The molecule has 0 radical (unpaired) electrons. The van der Waals surface area contributed by atoms with Crippen molar-refractivity contribution in [2.45, 2.75) is 6.92 Å². The highest BCUT2D eigenvalue weighted by Crippen LogP contribution is 2.31. The Kier molecular flexibility index (Phi) is 4.76. The molecule has 0 amide bonds. The molecule has 0 saturated carbocycles. The molecule has 0 unspecified atom stereocenters. The molecule has 1 heterocycles. The van der Waals surface area contributed by atoms with Crippen molar-refractivity contribution in [3.8, 4) is 17.0 Å². The topological polar surface area (TPSA) is 68.4 Å². The summed E-state index contributed by atoms with van der Waals surface area (Å²) in [5, 5.41) is 0.743. The molecule has 0 atom stereocenters. The molecular formula is C19H16ClNO4. The van der Waals surface area contributed by atoms with Gasteiger partial charge in [0, 0.05) is 21.5 Å². The summed E-state index contributed by atoms with van der Waals surface area (Å²) in [5.41, 5.74) is 1.03. The summed E-state index contributed by atoms with van der Waals surface area (Å²) < 4.78 is 10.5. The van der Waals surface area contributed by atoms with Gasteiger partial charge in [0.25, 0.3) is 0 Å². The minimum Gasteiger partial charge on any atom is -0.496 e. The Balaban J connectivity index is 2.40. The number of rotatable bonds is 4. The first-order chi connectivity index (χ1) is 12.1. The number of hydrogen-bond acceptors (Lipinski definition) is 4. The predicted molar refractivity (Wildman–Crippen MR) is 97.5 cm³/mol. The standard InChI is InChI=1S/C19H16ClNO4/c1-3-25-19(23)16-17(12-6-4-5-7-15(12)24-2)21-14-9-8-11(20)10-13(14)18(16)22/h4-10H,3H2,1-2H3,(H,21,22). The van der Waals surface area contributed by atoms with Crippen LogP contribution in [0.3, 0.4) is 0 Å². The number of esters is 1. The highest BCUT2D eigenvalue weighted by Gasteiger charge is 2.23. The molecule has 25 heavy (non-hydrogen) atoms. The maximum atomic E-state index is 13.0. The van der Waals surface area contributed by atoms with E-state index in [9.17, 15) is 9.59 Å². The molecule has 3 rings (SSSR count). The van der Waals surface area contributed by atoms with Crippen molar-refractivity contribution in [1.29, 1.82) is 0 Å². The van der Waals surface area contributed by atoms with Crippen molar-refractivity contribution in [3.63, 3.8) is 0 Å². The number of pyridine rings is 1. The zero-order valence-electron chi connectivity index (χ0n) is 13.8. The number of aromatic amines is 1. The summed E-state index contributed by atoms with van der Waals surface area (Å²) in [6.07, 6.45) is 0. The number of benzene rings is 2. The fraction of sp³-hybridized carbons (Fsp3) is 0.158. The summed E-state index contributed by atoms with van der Waals surface area (Å²) >= 11 is 6.00. The number of halogens is 1. The first-order valence-corrected chi connectivity index (χ1v) is 8.10. The van der Waals surface area contributed by atoms with Crippen LogP contribution >= 0.6 is 11.6 Å². The normalized spacial score (nSPS) is 10.7. The lowest BCUT2D eigenvalue weighted by Crippen LogP contribution is -2.20. The van der Waals surface area contributed by atoms with Gasteiger partial charge in [-0.1, -0.05) is 23.7 Å². The van der Waals surface area contributed by atoms with Crippen molar-refractivity contribution in [2.75, 3.05) is 13.7 Å². The van der Waals surface area contributed by atoms with Gasteiger partial charge in [0.05, 0.1) is 19.4 Å². The molecular weight excluding hydrogens is 342 g/mol. The van der Waals surface area contributed by atoms with Crippen molar-refractivity contribution < 1.29 is 14.3 Å². The Bertz CT molecular complexity index is 1010. The number of aromatic nitrogens is 1. The fourth-order valence-electron chi connectivity index (χ4n) is 2.71. The maximum absolute atomic E-state index is 13.0. The number of methoxy groups -OCH3 is 1. The Hall–Kier alpha value is -2.79. The van der Waals surface area contributed by atoms with Crippen LogP contribution in [0.15, 0.2) is 47.3 Å². The molecule has 1 N–H and O–H groups in total. The number of carbonyl (C=O) groups is 1. The smallest absolute Gasteiger partial charge is 0.344 e. The van der Waals surface area contributed by atoms with Crippen LogP contribution in [0.2, 0.25) is 5.02 Å². The summed E-state index contributed by atoms with van der Waals surface area (Å²) in [5.74, 6) is -0.149. The SMILES string of the molecule is CCOC(=O)c1c(-c2ccccc2OC)[nH]c2ccc(Cl)cc2c1=O. The molecule has 0 fully saturated rings. The number of carbonyl (C=O) groups excluding carboxylic acids is 1. The quantitative estimate of drug-likeness (QED) is 0.716. The van der Waals surface area contributed by atoms with E-state index in [1.165, 1.54) is 13.2 Å². The molecule has 1 aromatic heterocycles. The number of H-pyrrole nitrogens is 1. The summed E-state index contributed by atoms with van der Waals surface area (Å²) in [7, 11) is 1.53. The number of para-hydroxylation sites is 1. The van der Waals surface area contributed by atoms with E-state index < -0.39 is 11.4 Å². The van der Waals surface area contributed by atoms with Crippen LogP contribution in [-0.2, 0) is 4.74 Å². The van der Waals surface area contributed by atoms with Gasteiger partial charge in [0.1, 0.15) is 11.3 Å². The Morgan fingerprint density at radius 1 is 1.20 bits per heavy atom. The molecule has 0 spiro atoms. The molecule has 128 valence electrons. The lowest BCUT2D eigenvalue weighted by molar-refractivity contribution is 0.0525. The number of nitrogens with one attached hydrogen (secondary N) is 1. The fourth-order valence-corrected chi connectivity index (χ4v) is 2.88. The molecule has 0 saturated heterocycles. The number of ether oxygens (including phenoxy) is 2. The lowest BCUT2D eigenvalue weighted by atomic mass is 10.0. The van der Waals surface area contributed by atoms with Crippen molar-refractivity contribution in [1.82, 2.24) is 4.98 Å². The molecule has 0 aliphatic carbocycles. The summed E-state index contributed by atoms with van der Waals surface area (Å²) in [6, 6.07) is 12.1. The Morgan fingerprint density at radius 3 is 2.68 bits per heavy atom. The second-order valence-corrected chi connectivity index (χ2v) is 5.75.